The SMILES string of the molecule is CCCCCCN1CCc2ccc(C)c(NC(=O)C(C)(C)C)c21. The Morgan fingerprint density at radius 1 is 1.22 bits per heavy atom. The normalized spacial score (nSPS) is 14.0. The van der Waals surface area contributed by atoms with Gasteiger partial charge in [-0.05, 0) is 30.9 Å². The molecule has 1 N–H and O–H groups in total. The number of carbonyl (C=O) groups is 1. The van der Waals surface area contributed by atoms with Crippen LogP contribution in [0.25, 0.3) is 0 Å². The van der Waals surface area contributed by atoms with Gasteiger partial charge in [-0.2, -0.15) is 0 Å². The van der Waals surface area contributed by atoms with Crippen molar-refractivity contribution >= 4 is 17.3 Å². The second kappa shape index (κ2) is 7.37. The van der Waals surface area contributed by atoms with E-state index >= 15 is 0 Å². The Balaban J connectivity index is 2.20. The lowest BCUT2D eigenvalue weighted by Crippen LogP contribution is -2.29. The average Bonchev–Trinajstić information content (AvgIpc) is 2.89. The molecule has 3 nitrogen and oxygen atoms in total. The Labute approximate surface area is 141 Å². The van der Waals surface area contributed by atoms with Gasteiger partial charge in [0.05, 0.1) is 11.4 Å². The van der Waals surface area contributed by atoms with Crippen molar-refractivity contribution in [1.29, 1.82) is 0 Å². The van der Waals surface area contributed by atoms with Gasteiger partial charge in [0.1, 0.15) is 0 Å². The quantitative estimate of drug-likeness (QED) is 0.755. The Morgan fingerprint density at radius 3 is 2.61 bits per heavy atom. The van der Waals surface area contributed by atoms with Crippen LogP contribution in [0.4, 0.5) is 11.4 Å². The summed E-state index contributed by atoms with van der Waals surface area (Å²) in [6, 6.07) is 4.36. The summed E-state index contributed by atoms with van der Waals surface area (Å²) in [6.45, 7) is 12.4. The standard InChI is InChI=1S/C20H32N2O/c1-6-7-8-9-13-22-14-12-16-11-10-15(2)17(18(16)22)21-19(23)20(3,4)5/h10-11H,6-9,12-14H2,1-5H3,(H,21,23). The van der Waals surface area contributed by atoms with Crippen molar-refractivity contribution in [3.8, 4) is 0 Å². The molecule has 0 fully saturated rings. The van der Waals surface area contributed by atoms with Crippen molar-refractivity contribution in [1.82, 2.24) is 0 Å². The number of amides is 1. The molecule has 0 saturated carbocycles. The highest BCUT2D eigenvalue weighted by atomic mass is 16.2. The lowest BCUT2D eigenvalue weighted by Gasteiger charge is -2.26. The number of carbonyl (C=O) groups excluding carboxylic acids is 1. The van der Waals surface area contributed by atoms with Gasteiger partial charge in [-0.15, -0.1) is 0 Å². The first kappa shape index (κ1) is 17.8. The zero-order valence-corrected chi connectivity index (χ0v) is 15.5. The van der Waals surface area contributed by atoms with Crippen molar-refractivity contribution < 1.29 is 4.79 Å². The molecule has 1 aliphatic rings. The number of fused-ring (bicyclic) bond motifs is 1. The summed E-state index contributed by atoms with van der Waals surface area (Å²) >= 11 is 0. The second-order valence-corrected chi connectivity index (χ2v) is 7.77. The number of nitrogens with zero attached hydrogens (tertiary/aromatic N) is 1. The van der Waals surface area contributed by atoms with Crippen LogP contribution in [-0.4, -0.2) is 19.0 Å². The number of rotatable bonds is 6. The van der Waals surface area contributed by atoms with Crippen molar-refractivity contribution in [3.63, 3.8) is 0 Å². The maximum Gasteiger partial charge on any atom is 0.229 e. The highest BCUT2D eigenvalue weighted by Gasteiger charge is 2.27. The van der Waals surface area contributed by atoms with Gasteiger partial charge >= 0.3 is 0 Å². The number of unbranched alkanes of at least 4 members (excludes halogenated alkanes) is 3. The van der Waals surface area contributed by atoms with Crippen LogP contribution in [0.15, 0.2) is 12.1 Å². The molecule has 2 rings (SSSR count). The maximum atomic E-state index is 12.5. The summed E-state index contributed by atoms with van der Waals surface area (Å²) in [5, 5.41) is 3.20. The van der Waals surface area contributed by atoms with E-state index in [1.807, 2.05) is 20.8 Å². The van der Waals surface area contributed by atoms with E-state index in [1.165, 1.54) is 36.9 Å². The molecule has 0 saturated heterocycles. The van der Waals surface area contributed by atoms with Crippen molar-refractivity contribution in [2.24, 2.45) is 5.41 Å². The number of benzene rings is 1. The molecule has 0 unspecified atom stereocenters. The predicted molar refractivity (Wildman–Crippen MR) is 99.3 cm³/mol. The van der Waals surface area contributed by atoms with E-state index < -0.39 is 0 Å². The van der Waals surface area contributed by atoms with Crippen LogP contribution in [-0.2, 0) is 11.2 Å². The fraction of sp³-hybridized carbons (Fsp3) is 0.650. The van der Waals surface area contributed by atoms with Gasteiger partial charge in [-0.25, -0.2) is 0 Å². The molecule has 0 spiro atoms. The molecule has 0 aliphatic carbocycles. The Kier molecular flexibility index (Phi) is 5.72. The summed E-state index contributed by atoms with van der Waals surface area (Å²) in [6.07, 6.45) is 6.18. The molecule has 1 aliphatic heterocycles. The molecule has 1 amide bonds. The van der Waals surface area contributed by atoms with Crippen molar-refractivity contribution in [2.75, 3.05) is 23.3 Å². The first-order chi connectivity index (χ1) is 10.8. The minimum atomic E-state index is -0.375. The number of aryl methyl sites for hydroxylation is 1. The largest absolute Gasteiger partial charge is 0.369 e. The summed E-state index contributed by atoms with van der Waals surface area (Å²) in [5.74, 6) is 0.0897. The number of hydrogen-bond donors (Lipinski definition) is 1. The van der Waals surface area contributed by atoms with Crippen LogP contribution in [0.2, 0.25) is 0 Å². The first-order valence-corrected chi connectivity index (χ1v) is 9.03. The van der Waals surface area contributed by atoms with Crippen LogP contribution in [0.1, 0.15) is 64.5 Å². The monoisotopic (exact) mass is 316 g/mol. The molecule has 0 atom stereocenters. The van der Waals surface area contributed by atoms with Crippen LogP contribution in [0.3, 0.4) is 0 Å². The highest BCUT2D eigenvalue weighted by Crippen LogP contribution is 2.38. The van der Waals surface area contributed by atoms with Gasteiger partial charge < -0.3 is 10.2 Å². The smallest absolute Gasteiger partial charge is 0.229 e. The first-order valence-electron chi connectivity index (χ1n) is 9.03. The van der Waals surface area contributed by atoms with E-state index in [-0.39, 0.29) is 11.3 Å². The summed E-state index contributed by atoms with van der Waals surface area (Å²) in [4.78, 5) is 14.9. The zero-order chi connectivity index (χ0) is 17.0. The molecule has 23 heavy (non-hydrogen) atoms. The van der Waals surface area contributed by atoms with Gasteiger partial charge in [0, 0.05) is 18.5 Å². The third-order valence-electron chi connectivity index (χ3n) is 4.64. The number of hydrogen-bond acceptors (Lipinski definition) is 2. The summed E-state index contributed by atoms with van der Waals surface area (Å²) < 4.78 is 0. The summed E-state index contributed by atoms with van der Waals surface area (Å²) in [5.41, 5.74) is 4.44. The van der Waals surface area contributed by atoms with E-state index in [0.717, 1.165) is 30.8 Å². The maximum absolute atomic E-state index is 12.5. The van der Waals surface area contributed by atoms with Crippen LogP contribution in [0, 0.1) is 12.3 Å². The topological polar surface area (TPSA) is 32.3 Å². The van der Waals surface area contributed by atoms with Gasteiger partial charge in [-0.1, -0.05) is 59.1 Å². The molecular formula is C20H32N2O. The predicted octanol–water partition coefficient (Wildman–Crippen LogP) is 4.92. The average molecular weight is 316 g/mol. The molecule has 1 heterocycles. The van der Waals surface area contributed by atoms with E-state index in [0.29, 0.717) is 0 Å². The van der Waals surface area contributed by atoms with Crippen LogP contribution < -0.4 is 10.2 Å². The minimum absolute atomic E-state index is 0.0897. The van der Waals surface area contributed by atoms with E-state index in [1.54, 1.807) is 0 Å². The molecular weight excluding hydrogens is 284 g/mol. The number of anilines is 2. The lowest BCUT2D eigenvalue weighted by atomic mass is 9.95. The Hall–Kier alpha value is -1.51. The molecule has 3 heteroatoms. The van der Waals surface area contributed by atoms with Gasteiger partial charge in [0.15, 0.2) is 0 Å². The zero-order valence-electron chi connectivity index (χ0n) is 15.5. The van der Waals surface area contributed by atoms with Crippen LogP contribution in [0.5, 0.6) is 0 Å². The van der Waals surface area contributed by atoms with Gasteiger partial charge in [-0.3, -0.25) is 4.79 Å². The minimum Gasteiger partial charge on any atom is -0.369 e. The molecule has 0 bridgehead atoms. The fourth-order valence-electron chi connectivity index (χ4n) is 3.08. The van der Waals surface area contributed by atoms with E-state index in [4.69, 9.17) is 0 Å². The van der Waals surface area contributed by atoms with E-state index in [2.05, 4.69) is 36.2 Å². The molecule has 0 radical (unpaired) electrons. The van der Waals surface area contributed by atoms with Gasteiger partial charge in [0.2, 0.25) is 5.91 Å². The molecule has 0 aromatic heterocycles. The Bertz CT molecular complexity index is 557. The molecule has 1 aromatic rings. The molecule has 128 valence electrons. The highest BCUT2D eigenvalue weighted by molar-refractivity contribution is 5.99. The molecule has 1 aromatic carbocycles. The fourth-order valence-corrected chi connectivity index (χ4v) is 3.08. The number of nitrogens with one attached hydrogen (secondary N) is 1. The van der Waals surface area contributed by atoms with Crippen LogP contribution >= 0.6 is 0 Å². The van der Waals surface area contributed by atoms with E-state index in [9.17, 15) is 4.79 Å². The third-order valence-corrected chi connectivity index (χ3v) is 4.64. The summed E-state index contributed by atoms with van der Waals surface area (Å²) in [7, 11) is 0. The Morgan fingerprint density at radius 2 is 1.96 bits per heavy atom. The van der Waals surface area contributed by atoms with Crippen molar-refractivity contribution in [2.45, 2.75) is 66.7 Å². The third kappa shape index (κ3) is 4.27. The second-order valence-electron chi connectivity index (χ2n) is 7.77. The van der Waals surface area contributed by atoms with Gasteiger partial charge in [0.25, 0.3) is 0 Å². The van der Waals surface area contributed by atoms with Crippen molar-refractivity contribution in [3.05, 3.63) is 23.3 Å². The lowest BCUT2D eigenvalue weighted by molar-refractivity contribution is -0.123.